The molecule has 0 saturated heterocycles. The second-order valence-corrected chi connectivity index (χ2v) is 5.20. The Balaban J connectivity index is 2.76. The zero-order chi connectivity index (χ0) is 16.5. The molecule has 5 heteroatoms. The number of ether oxygens (including phenoxy) is 1. The van der Waals surface area contributed by atoms with Gasteiger partial charge in [0.05, 0.1) is 6.61 Å². The fraction of sp³-hybridized carbons (Fsp3) is 0.529. The van der Waals surface area contributed by atoms with Gasteiger partial charge in [-0.15, -0.1) is 0 Å². The van der Waals surface area contributed by atoms with Gasteiger partial charge < -0.3 is 14.5 Å². The topological polar surface area (TPSA) is 49.9 Å². The molecule has 0 atom stereocenters. The summed E-state index contributed by atoms with van der Waals surface area (Å²) in [5.41, 5.74) is 0.702. The Morgan fingerprint density at radius 3 is 2.27 bits per heavy atom. The summed E-state index contributed by atoms with van der Waals surface area (Å²) in [6.07, 6.45) is 2.00. The van der Waals surface area contributed by atoms with Crippen LogP contribution in [0.15, 0.2) is 24.3 Å². The van der Waals surface area contributed by atoms with E-state index in [1.165, 1.54) is 11.8 Å². The molecule has 122 valence electrons. The highest BCUT2D eigenvalue weighted by molar-refractivity contribution is 5.97. The maximum absolute atomic E-state index is 12.2. The fourth-order valence-corrected chi connectivity index (χ4v) is 2.05. The van der Waals surface area contributed by atoms with E-state index in [-0.39, 0.29) is 18.4 Å². The van der Waals surface area contributed by atoms with E-state index >= 15 is 0 Å². The second-order valence-electron chi connectivity index (χ2n) is 5.20. The van der Waals surface area contributed by atoms with Crippen LogP contribution in [-0.2, 0) is 9.59 Å². The van der Waals surface area contributed by atoms with E-state index in [2.05, 4.69) is 6.92 Å². The van der Waals surface area contributed by atoms with Crippen LogP contribution in [0.2, 0.25) is 0 Å². The van der Waals surface area contributed by atoms with Crippen LogP contribution < -0.4 is 9.64 Å². The third-order valence-corrected chi connectivity index (χ3v) is 3.41. The van der Waals surface area contributed by atoms with Gasteiger partial charge in [0.15, 0.2) is 0 Å². The maximum atomic E-state index is 12.2. The number of carbonyl (C=O) groups excluding carboxylic acids is 2. The average molecular weight is 306 g/mol. The minimum absolute atomic E-state index is 0.0578. The number of unbranched alkanes of at least 4 members (excludes halogenated alkanes) is 1. The number of hydrogen-bond acceptors (Lipinski definition) is 3. The molecule has 0 fully saturated rings. The third-order valence-electron chi connectivity index (χ3n) is 3.41. The molecule has 0 aliphatic heterocycles. The van der Waals surface area contributed by atoms with Gasteiger partial charge in [-0.25, -0.2) is 0 Å². The number of rotatable bonds is 8. The standard InChI is InChI=1S/C17H26N2O3/c1-5-7-12-18(4)17(21)13-19(14(3)20)15-8-10-16(11-9-15)22-6-2/h8-11H,5-7,12-13H2,1-4H3. The summed E-state index contributed by atoms with van der Waals surface area (Å²) < 4.78 is 5.39. The highest BCUT2D eigenvalue weighted by Gasteiger charge is 2.18. The van der Waals surface area contributed by atoms with Crippen LogP contribution in [0.5, 0.6) is 5.75 Å². The highest BCUT2D eigenvalue weighted by Crippen LogP contribution is 2.19. The second kappa shape index (κ2) is 9.07. The molecule has 5 nitrogen and oxygen atoms in total. The van der Waals surface area contributed by atoms with Crippen LogP contribution in [0.25, 0.3) is 0 Å². The lowest BCUT2D eigenvalue weighted by molar-refractivity contribution is -0.130. The summed E-state index contributed by atoms with van der Waals surface area (Å²) in [4.78, 5) is 27.2. The summed E-state index contributed by atoms with van der Waals surface area (Å²) in [5.74, 6) is 0.542. The first kappa shape index (κ1) is 18.0. The molecule has 0 bridgehead atoms. The lowest BCUT2D eigenvalue weighted by Crippen LogP contribution is -2.41. The van der Waals surface area contributed by atoms with Gasteiger partial charge in [0.1, 0.15) is 12.3 Å². The van der Waals surface area contributed by atoms with E-state index in [1.54, 1.807) is 36.2 Å². The predicted molar refractivity (Wildman–Crippen MR) is 88.2 cm³/mol. The van der Waals surface area contributed by atoms with Crippen molar-refractivity contribution in [1.29, 1.82) is 0 Å². The van der Waals surface area contributed by atoms with Crippen LogP contribution in [0.3, 0.4) is 0 Å². The Morgan fingerprint density at radius 1 is 1.14 bits per heavy atom. The predicted octanol–water partition coefficient (Wildman–Crippen LogP) is 2.70. The number of carbonyl (C=O) groups is 2. The zero-order valence-corrected chi connectivity index (χ0v) is 14.0. The summed E-state index contributed by atoms with van der Waals surface area (Å²) >= 11 is 0. The highest BCUT2D eigenvalue weighted by atomic mass is 16.5. The van der Waals surface area contributed by atoms with E-state index in [4.69, 9.17) is 4.74 Å². The summed E-state index contributed by atoms with van der Waals surface area (Å²) in [6.45, 7) is 6.83. The molecule has 0 N–H and O–H groups in total. The van der Waals surface area contributed by atoms with E-state index in [0.29, 0.717) is 18.8 Å². The van der Waals surface area contributed by atoms with Gasteiger partial charge in [-0.1, -0.05) is 13.3 Å². The zero-order valence-electron chi connectivity index (χ0n) is 14.0. The number of benzene rings is 1. The number of likely N-dealkylation sites (N-methyl/N-ethyl adjacent to an activating group) is 1. The normalized spacial score (nSPS) is 10.2. The van der Waals surface area contributed by atoms with Crippen molar-refractivity contribution in [2.45, 2.75) is 33.6 Å². The largest absolute Gasteiger partial charge is 0.494 e. The summed E-state index contributed by atoms with van der Waals surface area (Å²) in [7, 11) is 1.77. The molecule has 22 heavy (non-hydrogen) atoms. The number of nitrogens with zero attached hydrogens (tertiary/aromatic N) is 2. The molecule has 0 aromatic heterocycles. The molecule has 0 unspecified atom stereocenters. The Hall–Kier alpha value is -2.04. The van der Waals surface area contributed by atoms with Crippen molar-refractivity contribution in [2.24, 2.45) is 0 Å². The SMILES string of the molecule is CCCCN(C)C(=O)CN(C(C)=O)c1ccc(OCC)cc1. The number of amides is 2. The molecule has 0 aliphatic carbocycles. The third kappa shape index (κ3) is 5.39. The van der Waals surface area contributed by atoms with Crippen LogP contribution in [0, 0.1) is 0 Å². The number of anilines is 1. The van der Waals surface area contributed by atoms with E-state index in [1.807, 2.05) is 6.92 Å². The van der Waals surface area contributed by atoms with Crippen molar-refractivity contribution in [2.75, 3.05) is 31.6 Å². The van der Waals surface area contributed by atoms with Crippen molar-refractivity contribution < 1.29 is 14.3 Å². The first-order valence-electron chi connectivity index (χ1n) is 7.74. The molecule has 0 spiro atoms. The Bertz CT molecular complexity index is 485. The molecule has 0 saturated carbocycles. The van der Waals surface area contributed by atoms with E-state index in [9.17, 15) is 9.59 Å². The van der Waals surface area contributed by atoms with Crippen LogP contribution in [-0.4, -0.2) is 43.5 Å². The first-order chi connectivity index (χ1) is 10.5. The van der Waals surface area contributed by atoms with E-state index < -0.39 is 0 Å². The van der Waals surface area contributed by atoms with Crippen LogP contribution in [0.4, 0.5) is 5.69 Å². The monoisotopic (exact) mass is 306 g/mol. The van der Waals surface area contributed by atoms with Crippen LogP contribution in [0.1, 0.15) is 33.6 Å². The van der Waals surface area contributed by atoms with Crippen LogP contribution >= 0.6 is 0 Å². The van der Waals surface area contributed by atoms with Gasteiger partial charge in [0.25, 0.3) is 0 Å². The molecular weight excluding hydrogens is 280 g/mol. The van der Waals surface area contributed by atoms with Crippen molar-refractivity contribution in [3.63, 3.8) is 0 Å². The molecule has 1 rings (SSSR count). The molecule has 2 amide bonds. The van der Waals surface area contributed by atoms with Crippen molar-refractivity contribution in [3.8, 4) is 5.75 Å². The van der Waals surface area contributed by atoms with Gasteiger partial charge in [-0.3, -0.25) is 9.59 Å². The molecular formula is C17H26N2O3. The van der Waals surface area contributed by atoms with Gasteiger partial charge >= 0.3 is 0 Å². The Kier molecular flexibility index (Phi) is 7.43. The van der Waals surface area contributed by atoms with Gasteiger partial charge in [0, 0.05) is 26.2 Å². The Morgan fingerprint density at radius 2 is 1.77 bits per heavy atom. The molecule has 1 aromatic rings. The minimum Gasteiger partial charge on any atom is -0.494 e. The minimum atomic E-state index is -0.151. The molecule has 0 radical (unpaired) electrons. The first-order valence-corrected chi connectivity index (χ1v) is 7.74. The van der Waals surface area contributed by atoms with Crippen molar-refractivity contribution in [3.05, 3.63) is 24.3 Å². The maximum Gasteiger partial charge on any atom is 0.242 e. The molecule has 0 aliphatic rings. The summed E-state index contributed by atoms with van der Waals surface area (Å²) in [5, 5.41) is 0. The van der Waals surface area contributed by atoms with E-state index in [0.717, 1.165) is 18.6 Å². The van der Waals surface area contributed by atoms with Crippen molar-refractivity contribution >= 4 is 17.5 Å². The summed E-state index contributed by atoms with van der Waals surface area (Å²) in [6, 6.07) is 7.21. The van der Waals surface area contributed by atoms with Crippen molar-refractivity contribution in [1.82, 2.24) is 4.90 Å². The smallest absolute Gasteiger partial charge is 0.242 e. The average Bonchev–Trinajstić information content (AvgIpc) is 2.51. The quantitative estimate of drug-likeness (QED) is 0.742. The van der Waals surface area contributed by atoms with Gasteiger partial charge in [0.2, 0.25) is 11.8 Å². The Labute approximate surface area is 132 Å². The van der Waals surface area contributed by atoms with Gasteiger partial charge in [-0.05, 0) is 37.6 Å². The number of hydrogen-bond donors (Lipinski definition) is 0. The fourth-order valence-electron chi connectivity index (χ4n) is 2.05. The molecule has 1 aromatic carbocycles. The molecule has 0 heterocycles. The lowest BCUT2D eigenvalue weighted by atomic mass is 10.2. The van der Waals surface area contributed by atoms with Gasteiger partial charge in [-0.2, -0.15) is 0 Å². The lowest BCUT2D eigenvalue weighted by Gasteiger charge is -2.24.